The first-order valence-electron chi connectivity index (χ1n) is 13.5. The van der Waals surface area contributed by atoms with Crippen LogP contribution < -0.4 is 25.6 Å². The maximum Gasteiger partial charge on any atom is 0.407 e. The van der Waals surface area contributed by atoms with Crippen molar-refractivity contribution in [1.82, 2.24) is 10.3 Å². The summed E-state index contributed by atoms with van der Waals surface area (Å²) < 4.78 is 16.7. The highest BCUT2D eigenvalue weighted by Gasteiger charge is 2.21. The largest absolute Gasteiger partial charge is 0.491 e. The first-order valence-corrected chi connectivity index (χ1v) is 13.9. The Hall–Kier alpha value is -4.35. The van der Waals surface area contributed by atoms with Crippen LogP contribution in [0.2, 0.25) is 5.02 Å². The average molecular weight is 596 g/mol. The number of halogens is 1. The molecule has 1 fully saturated rings. The number of para-hydroxylation sites is 1. The predicted molar refractivity (Wildman–Crippen MR) is 161 cm³/mol. The molecule has 1 aliphatic rings. The lowest BCUT2D eigenvalue weighted by Crippen LogP contribution is -2.36. The van der Waals surface area contributed by atoms with Crippen molar-refractivity contribution in [2.75, 3.05) is 55.0 Å². The van der Waals surface area contributed by atoms with Crippen molar-refractivity contribution in [2.45, 2.75) is 26.4 Å². The molecule has 0 aliphatic carbocycles. The molecule has 3 N–H and O–H groups in total. The number of pyridine rings is 1. The minimum atomic E-state index is -0.624. The van der Waals surface area contributed by atoms with Crippen LogP contribution >= 0.6 is 11.6 Å². The highest BCUT2D eigenvalue weighted by atomic mass is 35.5. The first-order chi connectivity index (χ1) is 20.1. The van der Waals surface area contributed by atoms with Crippen LogP contribution in [0.25, 0.3) is 0 Å². The van der Waals surface area contributed by atoms with E-state index in [2.05, 4.69) is 25.8 Å². The number of nitrogens with one attached hydrogen (secondary N) is 3. The van der Waals surface area contributed by atoms with Gasteiger partial charge < -0.3 is 35.1 Å². The van der Waals surface area contributed by atoms with Crippen LogP contribution in [0, 0.1) is 0 Å². The Balaban J connectivity index is 1.50. The van der Waals surface area contributed by atoms with Gasteiger partial charge in [0.2, 0.25) is 0 Å². The zero-order valence-corrected chi connectivity index (χ0v) is 24.5. The summed E-state index contributed by atoms with van der Waals surface area (Å²) in [5.41, 5.74) is 1.07. The number of carbonyl (C=O) groups excluding carboxylic acids is 3. The Morgan fingerprint density at radius 2 is 1.71 bits per heavy atom. The summed E-state index contributed by atoms with van der Waals surface area (Å²) in [6, 6.07) is 15.2. The second-order valence-corrected chi connectivity index (χ2v) is 10.8. The molecule has 1 aromatic heterocycles. The van der Waals surface area contributed by atoms with Gasteiger partial charge in [-0.3, -0.25) is 9.59 Å². The second-order valence-electron chi connectivity index (χ2n) is 10.4. The predicted octanol–water partition coefficient (Wildman–Crippen LogP) is 4.98. The third kappa shape index (κ3) is 8.82. The highest BCUT2D eigenvalue weighted by molar-refractivity contribution is 6.30. The van der Waals surface area contributed by atoms with Gasteiger partial charge in [-0.25, -0.2) is 9.78 Å². The molecule has 2 aromatic carbocycles. The van der Waals surface area contributed by atoms with E-state index in [1.165, 1.54) is 6.20 Å². The molecule has 0 spiro atoms. The molecule has 12 heteroatoms. The summed E-state index contributed by atoms with van der Waals surface area (Å²) >= 11 is 5.88. The fraction of sp³-hybridized carbons (Fsp3) is 0.333. The average Bonchev–Trinajstić information content (AvgIpc) is 2.96. The van der Waals surface area contributed by atoms with E-state index in [0.29, 0.717) is 48.6 Å². The third-order valence-electron chi connectivity index (χ3n) is 6.00. The maximum atomic E-state index is 13.5. The van der Waals surface area contributed by atoms with E-state index in [9.17, 15) is 14.4 Å². The number of anilines is 3. The number of alkyl carbamates (subject to hydrolysis) is 1. The molecular weight excluding hydrogens is 562 g/mol. The van der Waals surface area contributed by atoms with Gasteiger partial charge >= 0.3 is 6.09 Å². The molecule has 1 saturated heterocycles. The second kappa shape index (κ2) is 14.0. The molecule has 0 bridgehead atoms. The topological polar surface area (TPSA) is 131 Å². The quantitative estimate of drug-likeness (QED) is 0.295. The van der Waals surface area contributed by atoms with E-state index < -0.39 is 23.5 Å². The van der Waals surface area contributed by atoms with E-state index >= 15 is 0 Å². The molecule has 42 heavy (non-hydrogen) atoms. The van der Waals surface area contributed by atoms with Gasteiger partial charge in [0.15, 0.2) is 0 Å². The SMILES string of the molecule is CC(C)(C)OC(=O)NCCOc1cc(N2CCOCC2)ccc1C(=O)Nc1ccccc1C(=O)Nc1ccc(Cl)cn1. The molecule has 0 radical (unpaired) electrons. The van der Waals surface area contributed by atoms with E-state index in [1.54, 1.807) is 69.3 Å². The van der Waals surface area contributed by atoms with Gasteiger partial charge in [0, 0.05) is 31.0 Å². The van der Waals surface area contributed by atoms with Crippen LogP contribution in [0.4, 0.5) is 22.0 Å². The summed E-state index contributed by atoms with van der Waals surface area (Å²) in [5.74, 6) is -0.272. The number of aromatic nitrogens is 1. The standard InChI is InChI=1S/C30H34ClN5O6/c1-30(2,3)42-29(39)32-12-15-41-25-18-21(36-13-16-40-17-14-36)9-10-23(25)28(38)34-24-7-5-4-6-22(24)27(37)35-26-11-8-20(31)19-33-26/h4-11,18-19H,12-17H2,1-3H3,(H,32,39)(H,34,38)(H,33,35,37). The van der Waals surface area contributed by atoms with Crippen LogP contribution in [0.15, 0.2) is 60.8 Å². The summed E-state index contributed by atoms with van der Waals surface area (Å²) in [6.45, 7) is 8.21. The highest BCUT2D eigenvalue weighted by Crippen LogP contribution is 2.28. The van der Waals surface area contributed by atoms with Gasteiger partial charge in [-0.05, 0) is 57.2 Å². The van der Waals surface area contributed by atoms with Crippen molar-refractivity contribution < 1.29 is 28.6 Å². The van der Waals surface area contributed by atoms with Crippen molar-refractivity contribution >= 4 is 46.7 Å². The summed E-state index contributed by atoms with van der Waals surface area (Å²) in [4.78, 5) is 44.8. The van der Waals surface area contributed by atoms with Crippen LogP contribution in [0.1, 0.15) is 41.5 Å². The third-order valence-corrected chi connectivity index (χ3v) is 6.23. The summed E-state index contributed by atoms with van der Waals surface area (Å²) in [5, 5.41) is 8.63. The van der Waals surface area contributed by atoms with Gasteiger partial charge in [0.05, 0.1) is 41.6 Å². The normalized spacial score (nSPS) is 13.2. The van der Waals surface area contributed by atoms with Crippen LogP contribution in [-0.2, 0) is 9.47 Å². The Morgan fingerprint density at radius 1 is 0.976 bits per heavy atom. The zero-order valence-electron chi connectivity index (χ0n) is 23.7. The van der Waals surface area contributed by atoms with Gasteiger partial charge in [-0.1, -0.05) is 23.7 Å². The smallest absolute Gasteiger partial charge is 0.407 e. The number of ether oxygens (including phenoxy) is 3. The number of rotatable bonds is 9. The van der Waals surface area contributed by atoms with Crippen LogP contribution in [-0.4, -0.2) is 67.9 Å². The van der Waals surface area contributed by atoms with Crippen molar-refractivity contribution in [2.24, 2.45) is 0 Å². The number of carbonyl (C=O) groups is 3. The molecule has 0 saturated carbocycles. The monoisotopic (exact) mass is 595 g/mol. The van der Waals surface area contributed by atoms with E-state index in [1.807, 2.05) is 6.07 Å². The van der Waals surface area contributed by atoms with Gasteiger partial charge in [-0.15, -0.1) is 0 Å². The summed E-state index contributed by atoms with van der Waals surface area (Å²) in [6.07, 6.45) is 0.866. The maximum absolute atomic E-state index is 13.5. The molecule has 2 heterocycles. The number of hydrogen-bond acceptors (Lipinski definition) is 8. The lowest BCUT2D eigenvalue weighted by Gasteiger charge is -2.29. The minimum Gasteiger partial charge on any atom is -0.491 e. The molecule has 0 unspecified atom stereocenters. The molecule has 0 atom stereocenters. The first kappa shape index (κ1) is 30.6. The molecule has 3 amide bonds. The molecule has 222 valence electrons. The van der Waals surface area contributed by atoms with E-state index in [4.69, 9.17) is 25.8 Å². The van der Waals surface area contributed by atoms with Gasteiger partial charge in [0.25, 0.3) is 11.8 Å². The molecule has 4 rings (SSSR count). The van der Waals surface area contributed by atoms with Crippen molar-refractivity contribution in [3.05, 3.63) is 76.9 Å². The van der Waals surface area contributed by atoms with Crippen molar-refractivity contribution in [3.8, 4) is 5.75 Å². The number of morpholine rings is 1. The van der Waals surface area contributed by atoms with Crippen LogP contribution in [0.5, 0.6) is 5.75 Å². The lowest BCUT2D eigenvalue weighted by molar-refractivity contribution is 0.0519. The van der Waals surface area contributed by atoms with E-state index in [-0.39, 0.29) is 24.3 Å². The molecule has 11 nitrogen and oxygen atoms in total. The zero-order chi connectivity index (χ0) is 30.1. The molecular formula is C30H34ClN5O6. The number of nitrogens with zero attached hydrogens (tertiary/aromatic N) is 2. The molecule has 1 aliphatic heterocycles. The number of benzene rings is 2. The summed E-state index contributed by atoms with van der Waals surface area (Å²) in [7, 11) is 0. The molecule has 3 aromatic rings. The Morgan fingerprint density at radius 3 is 2.43 bits per heavy atom. The number of hydrogen-bond donors (Lipinski definition) is 3. The van der Waals surface area contributed by atoms with Crippen LogP contribution in [0.3, 0.4) is 0 Å². The Bertz CT molecular complexity index is 1400. The Kier molecular flexibility index (Phi) is 10.2. The number of amides is 3. The van der Waals surface area contributed by atoms with E-state index in [0.717, 1.165) is 5.69 Å². The fourth-order valence-electron chi connectivity index (χ4n) is 4.08. The Labute approximate surface area is 249 Å². The lowest BCUT2D eigenvalue weighted by atomic mass is 10.1. The van der Waals surface area contributed by atoms with Gasteiger partial charge in [-0.2, -0.15) is 0 Å². The van der Waals surface area contributed by atoms with Gasteiger partial charge in [0.1, 0.15) is 23.8 Å². The van der Waals surface area contributed by atoms with Crippen molar-refractivity contribution in [1.29, 1.82) is 0 Å². The minimum absolute atomic E-state index is 0.0964. The van der Waals surface area contributed by atoms with Crippen molar-refractivity contribution in [3.63, 3.8) is 0 Å². The fourth-order valence-corrected chi connectivity index (χ4v) is 4.19.